The maximum absolute atomic E-state index is 12.0. The first-order valence-corrected chi connectivity index (χ1v) is 8.83. The van der Waals surface area contributed by atoms with Gasteiger partial charge < -0.3 is 10.3 Å². The van der Waals surface area contributed by atoms with Crippen LogP contribution < -0.4 is 5.32 Å². The van der Waals surface area contributed by atoms with Crippen LogP contribution in [0.25, 0.3) is 22.1 Å². The quantitative estimate of drug-likeness (QED) is 0.541. The Labute approximate surface area is 148 Å². The van der Waals surface area contributed by atoms with Gasteiger partial charge >= 0.3 is 0 Å². The van der Waals surface area contributed by atoms with Crippen molar-refractivity contribution in [1.29, 1.82) is 0 Å². The maximum Gasteiger partial charge on any atom is 0.230 e. The van der Waals surface area contributed by atoms with Gasteiger partial charge in [-0.3, -0.25) is 4.79 Å². The van der Waals surface area contributed by atoms with Gasteiger partial charge in [0, 0.05) is 17.4 Å². The number of nitrogens with one attached hydrogen (secondary N) is 2. The number of thioether (sulfide) groups is 1. The molecular weight excluding hydrogens is 334 g/mol. The molecule has 0 saturated carbocycles. The molecule has 0 bridgehead atoms. The van der Waals surface area contributed by atoms with Gasteiger partial charge in [0.15, 0.2) is 5.65 Å². The second-order valence-corrected chi connectivity index (χ2v) is 6.46. The summed E-state index contributed by atoms with van der Waals surface area (Å²) in [6.07, 6.45) is 0. The van der Waals surface area contributed by atoms with E-state index in [1.165, 1.54) is 11.8 Å². The van der Waals surface area contributed by atoms with Crippen molar-refractivity contribution in [2.45, 2.75) is 11.7 Å². The smallest absolute Gasteiger partial charge is 0.230 e. The van der Waals surface area contributed by atoms with Crippen molar-refractivity contribution in [1.82, 2.24) is 25.5 Å². The van der Waals surface area contributed by atoms with Crippen molar-refractivity contribution in [2.75, 3.05) is 5.75 Å². The average Bonchev–Trinajstić information content (AvgIpc) is 3.03. The lowest BCUT2D eigenvalue weighted by molar-refractivity contribution is -0.118. The third kappa shape index (κ3) is 3.46. The van der Waals surface area contributed by atoms with E-state index in [4.69, 9.17) is 0 Å². The molecule has 0 atom stereocenters. The normalized spacial score (nSPS) is 11.0. The molecule has 0 radical (unpaired) electrons. The zero-order valence-electron chi connectivity index (χ0n) is 13.3. The van der Waals surface area contributed by atoms with Crippen LogP contribution in [0.1, 0.15) is 5.56 Å². The van der Waals surface area contributed by atoms with Crippen LogP contribution in [0, 0.1) is 0 Å². The largest absolute Gasteiger partial charge is 0.351 e. The van der Waals surface area contributed by atoms with E-state index in [0.717, 1.165) is 22.0 Å². The number of benzene rings is 2. The lowest BCUT2D eigenvalue weighted by Crippen LogP contribution is -2.24. The van der Waals surface area contributed by atoms with Gasteiger partial charge in [0.2, 0.25) is 11.1 Å². The van der Waals surface area contributed by atoms with Crippen molar-refractivity contribution in [3.05, 3.63) is 60.2 Å². The summed E-state index contributed by atoms with van der Waals surface area (Å²) in [6, 6.07) is 17.7. The van der Waals surface area contributed by atoms with Crippen LogP contribution in [0.15, 0.2) is 59.8 Å². The highest BCUT2D eigenvalue weighted by Crippen LogP contribution is 2.23. The summed E-state index contributed by atoms with van der Waals surface area (Å²) >= 11 is 1.28. The fraction of sp³-hybridized carbons (Fsp3) is 0.111. The minimum absolute atomic E-state index is 0.0588. The molecule has 25 heavy (non-hydrogen) atoms. The van der Waals surface area contributed by atoms with E-state index in [1.54, 1.807) is 0 Å². The number of nitrogens with zero attached hydrogens (tertiary/aromatic N) is 3. The number of fused-ring (bicyclic) bond motifs is 3. The third-order valence-electron chi connectivity index (χ3n) is 3.77. The highest BCUT2D eigenvalue weighted by molar-refractivity contribution is 7.99. The Morgan fingerprint density at radius 3 is 2.72 bits per heavy atom. The summed E-state index contributed by atoms with van der Waals surface area (Å²) in [5.74, 6) is 0.194. The van der Waals surface area contributed by atoms with Crippen molar-refractivity contribution in [3.8, 4) is 0 Å². The predicted octanol–water partition coefficient (Wildman–Crippen LogP) is 2.91. The third-order valence-corrected chi connectivity index (χ3v) is 4.61. The van der Waals surface area contributed by atoms with Crippen molar-refractivity contribution in [3.63, 3.8) is 0 Å². The van der Waals surface area contributed by atoms with Crippen LogP contribution in [0.2, 0.25) is 0 Å². The molecule has 2 N–H and O–H groups in total. The summed E-state index contributed by atoms with van der Waals surface area (Å²) in [5, 5.41) is 12.6. The second kappa shape index (κ2) is 6.90. The molecule has 7 heteroatoms. The van der Waals surface area contributed by atoms with Gasteiger partial charge in [-0.05, 0) is 11.6 Å². The second-order valence-electron chi connectivity index (χ2n) is 5.51. The Hall–Kier alpha value is -2.93. The first kappa shape index (κ1) is 15.6. The van der Waals surface area contributed by atoms with E-state index in [2.05, 4.69) is 25.5 Å². The van der Waals surface area contributed by atoms with Crippen LogP contribution in [-0.2, 0) is 11.3 Å². The molecule has 0 aliphatic rings. The first-order chi connectivity index (χ1) is 12.3. The number of aromatic nitrogens is 4. The molecule has 0 unspecified atom stereocenters. The molecule has 4 rings (SSSR count). The Kier molecular flexibility index (Phi) is 4.30. The molecule has 1 amide bonds. The molecule has 124 valence electrons. The average molecular weight is 349 g/mol. The van der Waals surface area contributed by atoms with Gasteiger partial charge in [-0.2, -0.15) is 0 Å². The van der Waals surface area contributed by atoms with Gasteiger partial charge in [-0.1, -0.05) is 60.3 Å². The fourth-order valence-corrected chi connectivity index (χ4v) is 3.16. The molecule has 2 aromatic heterocycles. The molecular formula is C18H15N5OS. The number of H-pyrrole nitrogens is 1. The minimum Gasteiger partial charge on any atom is -0.351 e. The highest BCUT2D eigenvalue weighted by Gasteiger charge is 2.10. The summed E-state index contributed by atoms with van der Waals surface area (Å²) in [6.45, 7) is 0.515. The van der Waals surface area contributed by atoms with Crippen LogP contribution in [0.4, 0.5) is 0 Å². The number of amides is 1. The molecule has 2 heterocycles. The highest BCUT2D eigenvalue weighted by atomic mass is 32.2. The molecule has 0 fully saturated rings. The standard InChI is InChI=1S/C18H15N5OS/c24-15(19-10-12-6-2-1-3-7-12)11-25-18-21-16-13-8-4-5-9-14(13)20-17(16)22-23-18/h1-9H,10-11H2,(H,19,24)(H,20,22). The van der Waals surface area contributed by atoms with Gasteiger partial charge in [-0.25, -0.2) is 4.98 Å². The summed E-state index contributed by atoms with van der Waals surface area (Å²) in [5.41, 5.74) is 3.47. The number of carbonyl (C=O) groups excluding carboxylic acids is 1. The molecule has 0 saturated heterocycles. The number of rotatable bonds is 5. The summed E-state index contributed by atoms with van der Waals surface area (Å²) < 4.78 is 0. The van der Waals surface area contributed by atoms with Crippen LogP contribution in [0.5, 0.6) is 0 Å². The Bertz CT molecular complexity index is 1030. The van der Waals surface area contributed by atoms with E-state index in [0.29, 0.717) is 17.3 Å². The van der Waals surface area contributed by atoms with Crippen molar-refractivity contribution in [2.24, 2.45) is 0 Å². The zero-order valence-corrected chi connectivity index (χ0v) is 14.1. The summed E-state index contributed by atoms with van der Waals surface area (Å²) in [7, 11) is 0. The number of carbonyl (C=O) groups is 1. The van der Waals surface area contributed by atoms with E-state index >= 15 is 0 Å². The molecule has 2 aromatic carbocycles. The molecule has 4 aromatic rings. The van der Waals surface area contributed by atoms with Gasteiger partial charge in [0.05, 0.1) is 5.75 Å². The predicted molar refractivity (Wildman–Crippen MR) is 98.2 cm³/mol. The van der Waals surface area contributed by atoms with Crippen LogP contribution >= 0.6 is 11.8 Å². The maximum atomic E-state index is 12.0. The monoisotopic (exact) mass is 349 g/mol. The Balaban J connectivity index is 1.42. The molecule has 6 nitrogen and oxygen atoms in total. The molecule has 0 aliphatic carbocycles. The topological polar surface area (TPSA) is 83.6 Å². The van der Waals surface area contributed by atoms with E-state index < -0.39 is 0 Å². The fourth-order valence-electron chi connectivity index (χ4n) is 2.55. The number of aromatic amines is 1. The Morgan fingerprint density at radius 2 is 1.84 bits per heavy atom. The number of hydrogen-bond acceptors (Lipinski definition) is 5. The van der Waals surface area contributed by atoms with Crippen molar-refractivity contribution < 1.29 is 4.79 Å². The van der Waals surface area contributed by atoms with Crippen LogP contribution in [-0.4, -0.2) is 31.8 Å². The SMILES string of the molecule is O=C(CSc1nnc2[nH]c3ccccc3c2n1)NCc1ccccc1. The van der Waals surface area contributed by atoms with E-state index in [9.17, 15) is 4.79 Å². The van der Waals surface area contributed by atoms with Gasteiger partial charge in [0.1, 0.15) is 5.52 Å². The summed E-state index contributed by atoms with van der Waals surface area (Å²) in [4.78, 5) is 19.7. The van der Waals surface area contributed by atoms with Gasteiger partial charge in [-0.15, -0.1) is 10.2 Å². The lowest BCUT2D eigenvalue weighted by Gasteiger charge is -2.04. The van der Waals surface area contributed by atoms with Crippen LogP contribution in [0.3, 0.4) is 0 Å². The number of para-hydroxylation sites is 1. The Morgan fingerprint density at radius 1 is 1.04 bits per heavy atom. The van der Waals surface area contributed by atoms with Gasteiger partial charge in [0.25, 0.3) is 0 Å². The van der Waals surface area contributed by atoms with E-state index in [-0.39, 0.29) is 11.7 Å². The number of hydrogen-bond donors (Lipinski definition) is 2. The molecule has 0 aliphatic heterocycles. The molecule has 0 spiro atoms. The minimum atomic E-state index is -0.0588. The zero-order chi connectivity index (χ0) is 17.1. The van der Waals surface area contributed by atoms with Crippen molar-refractivity contribution >= 4 is 39.7 Å². The first-order valence-electron chi connectivity index (χ1n) is 7.84. The van der Waals surface area contributed by atoms with E-state index in [1.807, 2.05) is 54.6 Å². The lowest BCUT2D eigenvalue weighted by atomic mass is 10.2.